The molecule has 1 aromatic rings. The summed E-state index contributed by atoms with van der Waals surface area (Å²) in [6.45, 7) is 10.0. The van der Waals surface area contributed by atoms with Crippen molar-refractivity contribution >= 4 is 11.9 Å². The van der Waals surface area contributed by atoms with Crippen LogP contribution in [0.1, 0.15) is 56.8 Å². The van der Waals surface area contributed by atoms with Crippen molar-refractivity contribution in [2.24, 2.45) is 5.92 Å². The number of piperidine rings is 1. The summed E-state index contributed by atoms with van der Waals surface area (Å²) in [5.41, 5.74) is 0.593. The second kappa shape index (κ2) is 8.11. The minimum absolute atomic E-state index is 0.0438. The number of anilines is 1. The van der Waals surface area contributed by atoms with Gasteiger partial charge in [0.1, 0.15) is 0 Å². The van der Waals surface area contributed by atoms with Crippen molar-refractivity contribution in [2.45, 2.75) is 46.5 Å². The normalized spacial score (nSPS) is 18.3. The highest BCUT2D eigenvalue weighted by Crippen LogP contribution is 2.19. The van der Waals surface area contributed by atoms with E-state index in [1.54, 1.807) is 12.4 Å². The molecule has 1 unspecified atom stereocenters. The molecule has 1 aliphatic heterocycles. The van der Waals surface area contributed by atoms with Gasteiger partial charge in [0, 0.05) is 38.6 Å². The number of rotatable bonds is 6. The van der Waals surface area contributed by atoms with Gasteiger partial charge in [-0.3, -0.25) is 4.79 Å². The van der Waals surface area contributed by atoms with Crippen LogP contribution in [0.25, 0.3) is 0 Å². The molecule has 0 spiro atoms. The Morgan fingerprint density at radius 2 is 1.91 bits per heavy atom. The van der Waals surface area contributed by atoms with E-state index in [2.05, 4.69) is 35.6 Å². The minimum atomic E-state index is 0.0438. The monoisotopic (exact) mass is 304 g/mol. The molecule has 5 heteroatoms. The summed E-state index contributed by atoms with van der Waals surface area (Å²) in [6, 6.07) is 0. The van der Waals surface area contributed by atoms with Gasteiger partial charge in [-0.1, -0.05) is 20.8 Å². The maximum atomic E-state index is 12.5. The van der Waals surface area contributed by atoms with Crippen LogP contribution in [-0.4, -0.2) is 47.0 Å². The van der Waals surface area contributed by atoms with Gasteiger partial charge in [-0.05, 0) is 31.6 Å². The van der Waals surface area contributed by atoms with E-state index in [4.69, 9.17) is 0 Å². The molecule has 22 heavy (non-hydrogen) atoms. The maximum Gasteiger partial charge on any atom is 0.256 e. The van der Waals surface area contributed by atoms with Crippen molar-refractivity contribution in [3.05, 3.63) is 18.0 Å². The molecule has 1 saturated heterocycles. The Balaban J connectivity index is 2.05. The smallest absolute Gasteiger partial charge is 0.256 e. The second-order valence-corrected chi connectivity index (χ2v) is 6.26. The lowest BCUT2D eigenvalue weighted by molar-refractivity contribution is 0.0754. The molecule has 2 heterocycles. The third-order valence-corrected chi connectivity index (χ3v) is 4.10. The summed E-state index contributed by atoms with van der Waals surface area (Å²) < 4.78 is 0. The van der Waals surface area contributed by atoms with Crippen LogP contribution < -0.4 is 4.90 Å². The summed E-state index contributed by atoms with van der Waals surface area (Å²) in [5, 5.41) is 0. The van der Waals surface area contributed by atoms with E-state index in [9.17, 15) is 4.79 Å². The third kappa shape index (κ3) is 4.18. The zero-order chi connectivity index (χ0) is 15.9. The molecule has 122 valence electrons. The lowest BCUT2D eigenvalue weighted by atomic mass is 10.0. The number of nitrogens with zero attached hydrogens (tertiary/aromatic N) is 4. The van der Waals surface area contributed by atoms with Crippen molar-refractivity contribution < 1.29 is 4.79 Å². The van der Waals surface area contributed by atoms with Crippen LogP contribution in [0.4, 0.5) is 5.95 Å². The molecule has 1 aliphatic rings. The van der Waals surface area contributed by atoms with Crippen LogP contribution in [0, 0.1) is 5.92 Å². The number of aromatic nitrogens is 2. The number of hydrogen-bond acceptors (Lipinski definition) is 4. The first-order valence-corrected chi connectivity index (χ1v) is 8.52. The average Bonchev–Trinajstić information content (AvgIpc) is 2.54. The molecule has 0 bridgehead atoms. The van der Waals surface area contributed by atoms with E-state index >= 15 is 0 Å². The Morgan fingerprint density at radius 1 is 1.27 bits per heavy atom. The molecule has 1 amide bonds. The van der Waals surface area contributed by atoms with Gasteiger partial charge in [0.15, 0.2) is 0 Å². The van der Waals surface area contributed by atoms with Crippen LogP contribution in [0.3, 0.4) is 0 Å². The fraction of sp³-hybridized carbons (Fsp3) is 0.706. The predicted octanol–water partition coefficient (Wildman–Crippen LogP) is 2.98. The van der Waals surface area contributed by atoms with E-state index in [1.165, 1.54) is 12.8 Å². The molecule has 0 radical (unpaired) electrons. The summed E-state index contributed by atoms with van der Waals surface area (Å²) in [7, 11) is 0. The summed E-state index contributed by atoms with van der Waals surface area (Å²) in [6.07, 6.45) is 7.76. The fourth-order valence-electron chi connectivity index (χ4n) is 3.00. The predicted molar refractivity (Wildman–Crippen MR) is 89.1 cm³/mol. The highest BCUT2D eigenvalue weighted by Gasteiger charge is 2.20. The van der Waals surface area contributed by atoms with Gasteiger partial charge in [-0.25, -0.2) is 9.97 Å². The van der Waals surface area contributed by atoms with Crippen molar-refractivity contribution in [1.82, 2.24) is 14.9 Å². The van der Waals surface area contributed by atoms with E-state index in [0.717, 1.165) is 45.0 Å². The maximum absolute atomic E-state index is 12.5. The van der Waals surface area contributed by atoms with Gasteiger partial charge in [-0.15, -0.1) is 0 Å². The lowest BCUT2D eigenvalue weighted by Crippen LogP contribution is -2.36. The van der Waals surface area contributed by atoms with Crippen molar-refractivity contribution in [3.8, 4) is 0 Å². The van der Waals surface area contributed by atoms with Crippen LogP contribution in [-0.2, 0) is 0 Å². The molecular weight excluding hydrogens is 276 g/mol. The third-order valence-electron chi connectivity index (χ3n) is 4.10. The average molecular weight is 304 g/mol. The van der Waals surface area contributed by atoms with E-state index in [-0.39, 0.29) is 5.91 Å². The SMILES string of the molecule is CCCN(CCC)C(=O)c1cnc(N2CCCC(C)C2)nc1. The van der Waals surface area contributed by atoms with Crippen molar-refractivity contribution in [2.75, 3.05) is 31.1 Å². The van der Waals surface area contributed by atoms with Crippen LogP contribution >= 0.6 is 0 Å². The Labute approximate surface area is 133 Å². The molecule has 5 nitrogen and oxygen atoms in total. The first kappa shape index (κ1) is 16.7. The summed E-state index contributed by atoms with van der Waals surface area (Å²) in [4.78, 5) is 25.5. The molecule has 1 atom stereocenters. The highest BCUT2D eigenvalue weighted by molar-refractivity contribution is 5.93. The summed E-state index contributed by atoms with van der Waals surface area (Å²) in [5.74, 6) is 1.48. The number of carbonyl (C=O) groups is 1. The largest absolute Gasteiger partial charge is 0.341 e. The summed E-state index contributed by atoms with van der Waals surface area (Å²) >= 11 is 0. The van der Waals surface area contributed by atoms with E-state index in [0.29, 0.717) is 11.5 Å². The second-order valence-electron chi connectivity index (χ2n) is 6.26. The van der Waals surface area contributed by atoms with Gasteiger partial charge in [0.05, 0.1) is 5.56 Å². The van der Waals surface area contributed by atoms with Crippen LogP contribution in [0.5, 0.6) is 0 Å². The van der Waals surface area contributed by atoms with Crippen LogP contribution in [0.15, 0.2) is 12.4 Å². The molecular formula is C17H28N4O. The van der Waals surface area contributed by atoms with Gasteiger partial charge in [-0.2, -0.15) is 0 Å². The Bertz CT molecular complexity index is 468. The Morgan fingerprint density at radius 3 is 2.45 bits per heavy atom. The van der Waals surface area contributed by atoms with Gasteiger partial charge >= 0.3 is 0 Å². The topological polar surface area (TPSA) is 49.3 Å². The number of amides is 1. The molecule has 0 aliphatic carbocycles. The van der Waals surface area contributed by atoms with E-state index < -0.39 is 0 Å². The molecule has 0 N–H and O–H groups in total. The van der Waals surface area contributed by atoms with Crippen molar-refractivity contribution in [1.29, 1.82) is 0 Å². The fourth-order valence-corrected chi connectivity index (χ4v) is 3.00. The van der Waals surface area contributed by atoms with Gasteiger partial charge < -0.3 is 9.80 Å². The van der Waals surface area contributed by atoms with E-state index in [1.807, 2.05) is 4.90 Å². The lowest BCUT2D eigenvalue weighted by Gasteiger charge is -2.30. The molecule has 2 rings (SSSR count). The van der Waals surface area contributed by atoms with Crippen molar-refractivity contribution in [3.63, 3.8) is 0 Å². The quantitative estimate of drug-likeness (QED) is 0.810. The minimum Gasteiger partial charge on any atom is -0.341 e. The molecule has 0 saturated carbocycles. The zero-order valence-electron chi connectivity index (χ0n) is 14.1. The standard InChI is InChI=1S/C17H28N4O/c1-4-8-20(9-5-2)16(22)15-11-18-17(19-12-15)21-10-6-7-14(3)13-21/h11-12,14H,4-10,13H2,1-3H3. The molecule has 1 aromatic heterocycles. The van der Waals surface area contributed by atoms with Gasteiger partial charge in [0.2, 0.25) is 5.95 Å². The number of carbonyl (C=O) groups excluding carboxylic acids is 1. The Hall–Kier alpha value is -1.65. The zero-order valence-corrected chi connectivity index (χ0v) is 14.1. The molecule has 1 fully saturated rings. The van der Waals surface area contributed by atoms with Gasteiger partial charge in [0.25, 0.3) is 5.91 Å². The first-order chi connectivity index (χ1) is 10.7. The number of hydrogen-bond donors (Lipinski definition) is 0. The molecule has 0 aromatic carbocycles. The van der Waals surface area contributed by atoms with Crippen LogP contribution in [0.2, 0.25) is 0 Å². The first-order valence-electron chi connectivity index (χ1n) is 8.52. The highest BCUT2D eigenvalue weighted by atomic mass is 16.2. The Kier molecular flexibility index (Phi) is 6.16.